The van der Waals surface area contributed by atoms with E-state index in [0.717, 1.165) is 18.5 Å². The highest BCUT2D eigenvalue weighted by Crippen LogP contribution is 2.30. The van der Waals surface area contributed by atoms with Gasteiger partial charge in [0.2, 0.25) is 17.7 Å². The Kier molecular flexibility index (Phi) is 4.89. The average molecular weight is 384 g/mol. The minimum absolute atomic E-state index is 0.0797. The van der Waals surface area contributed by atoms with Crippen LogP contribution >= 0.6 is 11.3 Å². The van der Waals surface area contributed by atoms with Gasteiger partial charge in [0.25, 0.3) is 0 Å². The van der Waals surface area contributed by atoms with E-state index in [1.165, 1.54) is 11.3 Å². The maximum atomic E-state index is 12.5. The Hall–Kier alpha value is -2.74. The van der Waals surface area contributed by atoms with E-state index >= 15 is 0 Å². The molecule has 1 N–H and O–H groups in total. The maximum Gasteiger partial charge on any atom is 0.230 e. The van der Waals surface area contributed by atoms with Crippen molar-refractivity contribution >= 4 is 45.6 Å². The molecule has 4 rings (SSSR count). The van der Waals surface area contributed by atoms with Gasteiger partial charge >= 0.3 is 0 Å². The SMILES string of the molecule is O=C(Cc1csc(N2CCCC2=O)n1)Nc1ccccc1N1CCCC1=O. The zero-order valence-corrected chi connectivity index (χ0v) is 15.6. The molecule has 2 aliphatic rings. The quantitative estimate of drug-likeness (QED) is 0.859. The van der Waals surface area contributed by atoms with Crippen molar-refractivity contribution in [3.05, 3.63) is 35.3 Å². The van der Waals surface area contributed by atoms with Crippen LogP contribution in [-0.2, 0) is 20.8 Å². The van der Waals surface area contributed by atoms with Gasteiger partial charge in [0, 0.05) is 31.3 Å². The van der Waals surface area contributed by atoms with Crippen LogP contribution in [0.4, 0.5) is 16.5 Å². The molecule has 0 saturated carbocycles. The van der Waals surface area contributed by atoms with Crippen LogP contribution < -0.4 is 15.1 Å². The Bertz CT molecular complexity index is 895. The van der Waals surface area contributed by atoms with Gasteiger partial charge in [0.05, 0.1) is 23.5 Å². The van der Waals surface area contributed by atoms with E-state index in [4.69, 9.17) is 0 Å². The topological polar surface area (TPSA) is 82.6 Å². The first kappa shape index (κ1) is 17.7. The predicted octanol–water partition coefficient (Wildman–Crippen LogP) is 2.58. The molecule has 0 spiro atoms. The summed E-state index contributed by atoms with van der Waals surface area (Å²) in [5.74, 6) is -0.0284. The molecule has 27 heavy (non-hydrogen) atoms. The summed E-state index contributed by atoms with van der Waals surface area (Å²) in [6.07, 6.45) is 2.90. The fourth-order valence-corrected chi connectivity index (χ4v) is 4.30. The lowest BCUT2D eigenvalue weighted by Crippen LogP contribution is -2.26. The number of nitrogens with one attached hydrogen (secondary N) is 1. The molecule has 0 unspecified atom stereocenters. The molecule has 2 aliphatic heterocycles. The molecular formula is C19H20N4O3S. The molecule has 0 aliphatic carbocycles. The van der Waals surface area contributed by atoms with E-state index in [2.05, 4.69) is 10.3 Å². The molecule has 2 fully saturated rings. The van der Waals surface area contributed by atoms with Gasteiger partial charge in [0.1, 0.15) is 0 Å². The van der Waals surface area contributed by atoms with Crippen LogP contribution in [-0.4, -0.2) is 35.8 Å². The predicted molar refractivity (Wildman–Crippen MR) is 104 cm³/mol. The van der Waals surface area contributed by atoms with Crippen molar-refractivity contribution in [3.8, 4) is 0 Å². The molecule has 1 aromatic heterocycles. The summed E-state index contributed by atoms with van der Waals surface area (Å²) in [7, 11) is 0. The van der Waals surface area contributed by atoms with Crippen molar-refractivity contribution in [2.75, 3.05) is 28.2 Å². The van der Waals surface area contributed by atoms with E-state index in [0.29, 0.717) is 42.4 Å². The summed E-state index contributed by atoms with van der Waals surface area (Å²) in [5.41, 5.74) is 2.00. The number of benzene rings is 1. The van der Waals surface area contributed by atoms with E-state index < -0.39 is 0 Å². The Morgan fingerprint density at radius 1 is 1.07 bits per heavy atom. The van der Waals surface area contributed by atoms with Gasteiger partial charge in [-0.15, -0.1) is 11.3 Å². The molecule has 3 amide bonds. The van der Waals surface area contributed by atoms with Crippen LogP contribution in [0, 0.1) is 0 Å². The number of carbonyl (C=O) groups is 3. The molecular weight excluding hydrogens is 364 g/mol. The minimum atomic E-state index is -0.196. The van der Waals surface area contributed by atoms with Gasteiger partial charge in [-0.2, -0.15) is 0 Å². The highest BCUT2D eigenvalue weighted by atomic mass is 32.1. The zero-order valence-electron chi connectivity index (χ0n) is 14.8. The van der Waals surface area contributed by atoms with Crippen molar-refractivity contribution in [3.63, 3.8) is 0 Å². The summed E-state index contributed by atoms with van der Waals surface area (Å²) in [6.45, 7) is 1.36. The minimum Gasteiger partial charge on any atom is -0.324 e. The van der Waals surface area contributed by atoms with Gasteiger partial charge in [-0.1, -0.05) is 12.1 Å². The Morgan fingerprint density at radius 2 is 1.78 bits per heavy atom. The second kappa shape index (κ2) is 7.48. The molecule has 8 heteroatoms. The summed E-state index contributed by atoms with van der Waals surface area (Å²) >= 11 is 1.38. The van der Waals surface area contributed by atoms with Gasteiger partial charge in [-0.05, 0) is 25.0 Å². The van der Waals surface area contributed by atoms with Crippen molar-refractivity contribution in [2.24, 2.45) is 0 Å². The molecule has 0 atom stereocenters. The molecule has 2 saturated heterocycles. The fourth-order valence-electron chi connectivity index (χ4n) is 3.43. The molecule has 3 heterocycles. The lowest BCUT2D eigenvalue weighted by atomic mass is 10.2. The molecule has 2 aromatic rings. The third-order valence-corrected chi connectivity index (χ3v) is 5.64. The van der Waals surface area contributed by atoms with Crippen LogP contribution in [0.2, 0.25) is 0 Å². The van der Waals surface area contributed by atoms with E-state index in [9.17, 15) is 14.4 Å². The molecule has 0 bridgehead atoms. The van der Waals surface area contributed by atoms with Crippen molar-refractivity contribution < 1.29 is 14.4 Å². The second-order valence-electron chi connectivity index (χ2n) is 6.66. The fraction of sp³-hybridized carbons (Fsp3) is 0.368. The number of hydrogen-bond acceptors (Lipinski definition) is 5. The molecule has 1 aromatic carbocycles. The van der Waals surface area contributed by atoms with Crippen molar-refractivity contribution in [1.29, 1.82) is 0 Å². The largest absolute Gasteiger partial charge is 0.324 e. The van der Waals surface area contributed by atoms with Crippen LogP contribution in [0.25, 0.3) is 0 Å². The number of para-hydroxylation sites is 2. The number of anilines is 3. The molecule has 7 nitrogen and oxygen atoms in total. The van der Waals surface area contributed by atoms with E-state index in [-0.39, 0.29) is 24.1 Å². The number of amides is 3. The first-order valence-corrected chi connectivity index (χ1v) is 9.94. The van der Waals surface area contributed by atoms with Crippen molar-refractivity contribution in [2.45, 2.75) is 32.1 Å². The Balaban J connectivity index is 1.44. The Labute approximate surface area is 161 Å². The summed E-state index contributed by atoms with van der Waals surface area (Å²) in [6, 6.07) is 7.34. The zero-order chi connectivity index (χ0) is 18.8. The van der Waals surface area contributed by atoms with Gasteiger partial charge in [0.15, 0.2) is 5.13 Å². The second-order valence-corrected chi connectivity index (χ2v) is 7.50. The van der Waals surface area contributed by atoms with Crippen LogP contribution in [0.5, 0.6) is 0 Å². The van der Waals surface area contributed by atoms with Crippen LogP contribution in [0.1, 0.15) is 31.4 Å². The first-order valence-electron chi connectivity index (χ1n) is 9.06. The third-order valence-electron chi connectivity index (χ3n) is 4.73. The summed E-state index contributed by atoms with van der Waals surface area (Å²) in [5, 5.41) is 5.37. The lowest BCUT2D eigenvalue weighted by Gasteiger charge is -2.19. The highest BCUT2D eigenvalue weighted by molar-refractivity contribution is 7.14. The smallest absolute Gasteiger partial charge is 0.230 e. The van der Waals surface area contributed by atoms with Crippen molar-refractivity contribution in [1.82, 2.24) is 4.98 Å². The number of hydrogen-bond donors (Lipinski definition) is 1. The summed E-state index contributed by atoms with van der Waals surface area (Å²) < 4.78 is 0. The monoisotopic (exact) mass is 384 g/mol. The number of carbonyl (C=O) groups excluding carboxylic acids is 3. The number of aromatic nitrogens is 1. The number of rotatable bonds is 5. The normalized spacial score (nSPS) is 17.0. The Morgan fingerprint density at radius 3 is 2.48 bits per heavy atom. The van der Waals surface area contributed by atoms with Crippen LogP contribution in [0.15, 0.2) is 29.6 Å². The highest BCUT2D eigenvalue weighted by Gasteiger charge is 2.26. The maximum absolute atomic E-state index is 12.5. The lowest BCUT2D eigenvalue weighted by molar-refractivity contribution is -0.117. The number of thiazole rings is 1. The van der Waals surface area contributed by atoms with Gasteiger partial charge < -0.3 is 10.2 Å². The third kappa shape index (κ3) is 3.71. The first-order chi connectivity index (χ1) is 13.1. The number of nitrogens with zero attached hydrogens (tertiary/aromatic N) is 3. The summed E-state index contributed by atoms with van der Waals surface area (Å²) in [4.78, 5) is 44.2. The van der Waals surface area contributed by atoms with Gasteiger partial charge in [-0.3, -0.25) is 19.3 Å². The molecule has 0 radical (unpaired) electrons. The van der Waals surface area contributed by atoms with E-state index in [1.807, 2.05) is 23.6 Å². The van der Waals surface area contributed by atoms with Crippen LogP contribution in [0.3, 0.4) is 0 Å². The standard InChI is InChI=1S/C19H20N4O3S/c24-16(11-13-12-27-19(20-13)23-10-4-8-18(23)26)21-14-5-1-2-6-15(14)22-9-3-7-17(22)25/h1-2,5-6,12H,3-4,7-11H2,(H,21,24). The van der Waals surface area contributed by atoms with E-state index in [1.54, 1.807) is 15.9 Å². The average Bonchev–Trinajstić information content (AvgIpc) is 3.37. The molecule has 140 valence electrons. The van der Waals surface area contributed by atoms with Gasteiger partial charge in [-0.25, -0.2) is 4.98 Å².